The molecule has 0 spiro atoms. The number of para-hydroxylation sites is 1. The second kappa shape index (κ2) is 8.88. The molecule has 3 aromatic rings. The molecule has 5 rings (SSSR count). The third-order valence-corrected chi connectivity index (χ3v) is 6.52. The summed E-state index contributed by atoms with van der Waals surface area (Å²) in [6, 6.07) is 23.3. The van der Waals surface area contributed by atoms with E-state index in [0.717, 1.165) is 32.6 Å². The second-order valence-corrected chi connectivity index (χ2v) is 9.18. The zero-order valence-electron chi connectivity index (χ0n) is 17.3. The number of halogens is 1. The third-order valence-electron chi connectivity index (χ3n) is 5.46. The van der Waals surface area contributed by atoms with E-state index < -0.39 is 6.04 Å². The van der Waals surface area contributed by atoms with Gasteiger partial charge in [-0.05, 0) is 36.1 Å². The summed E-state index contributed by atoms with van der Waals surface area (Å²) in [6.45, 7) is 0.446. The van der Waals surface area contributed by atoms with E-state index >= 15 is 0 Å². The van der Waals surface area contributed by atoms with Crippen molar-refractivity contribution in [3.8, 4) is 5.75 Å². The number of hydrazone groups is 1. The van der Waals surface area contributed by atoms with Crippen LogP contribution < -0.4 is 15.4 Å². The van der Waals surface area contributed by atoms with E-state index in [-0.39, 0.29) is 12.1 Å². The molecule has 32 heavy (non-hydrogen) atoms. The molecular formula is C24H21BrN4O2S. The Balaban J connectivity index is 1.57. The highest BCUT2D eigenvalue weighted by molar-refractivity contribution is 9.10. The fourth-order valence-electron chi connectivity index (χ4n) is 3.96. The summed E-state index contributed by atoms with van der Waals surface area (Å²) >= 11 is 5.00. The Morgan fingerprint density at radius 1 is 1.06 bits per heavy atom. The highest BCUT2D eigenvalue weighted by atomic mass is 79.9. The molecule has 0 aromatic heterocycles. The van der Waals surface area contributed by atoms with Crippen molar-refractivity contribution in [1.82, 2.24) is 10.3 Å². The predicted octanol–water partition coefficient (Wildman–Crippen LogP) is 5.26. The summed E-state index contributed by atoms with van der Waals surface area (Å²) in [7, 11) is 0. The van der Waals surface area contributed by atoms with Crippen LogP contribution in [0.25, 0.3) is 0 Å². The lowest BCUT2D eigenvalue weighted by Gasteiger charge is -2.44. The molecule has 2 aliphatic heterocycles. The quantitative estimate of drug-likeness (QED) is 0.503. The molecule has 3 aromatic carbocycles. The molecule has 2 atom stereocenters. The summed E-state index contributed by atoms with van der Waals surface area (Å²) in [5.74, 6) is 0.643. The van der Waals surface area contributed by atoms with Gasteiger partial charge >= 0.3 is 0 Å². The van der Waals surface area contributed by atoms with E-state index in [2.05, 4.69) is 26.6 Å². The number of carbonyl (C=O) groups excluding carboxylic acids is 1. The Morgan fingerprint density at radius 2 is 1.84 bits per heavy atom. The van der Waals surface area contributed by atoms with Crippen LogP contribution in [0.1, 0.15) is 28.9 Å². The van der Waals surface area contributed by atoms with Crippen LogP contribution in [0.4, 0.5) is 5.69 Å². The molecule has 6 nitrogen and oxygen atoms in total. The van der Waals surface area contributed by atoms with E-state index in [0.29, 0.717) is 11.8 Å². The van der Waals surface area contributed by atoms with Gasteiger partial charge in [-0.3, -0.25) is 9.80 Å². The number of hydrogen-bond donors (Lipinski definition) is 2. The highest BCUT2D eigenvalue weighted by Gasteiger charge is 2.42. The SMILES string of the molecule is CSC1=NN2[C@@H](c3cc(Br)ccc3OCc3ccccc3)Nc3ccccc3[C@H]2C(=O)N1. The Bertz CT molecular complexity index is 1190. The number of anilines is 1. The zero-order valence-corrected chi connectivity index (χ0v) is 19.7. The summed E-state index contributed by atoms with van der Waals surface area (Å²) in [5, 5.41) is 13.7. The van der Waals surface area contributed by atoms with Crippen molar-refractivity contribution in [3.63, 3.8) is 0 Å². The summed E-state index contributed by atoms with van der Waals surface area (Å²) in [6.07, 6.45) is 1.51. The van der Waals surface area contributed by atoms with Crippen LogP contribution in [0.5, 0.6) is 5.75 Å². The standard InChI is InChI=1S/C24H21BrN4O2S/c1-32-24-27-23(30)21-17-9-5-6-10-19(17)26-22(29(21)28-24)18-13-16(25)11-12-20(18)31-14-15-7-3-2-4-8-15/h2-13,21-22,26H,14H2,1H3,(H,27,28,30)/t21-,22-/m0/s1. The van der Waals surface area contributed by atoms with Gasteiger partial charge in [-0.15, -0.1) is 5.10 Å². The highest BCUT2D eigenvalue weighted by Crippen LogP contribution is 2.45. The van der Waals surface area contributed by atoms with Gasteiger partial charge in [0, 0.05) is 21.3 Å². The van der Waals surface area contributed by atoms with E-state index in [9.17, 15) is 4.79 Å². The first-order valence-corrected chi connectivity index (χ1v) is 12.2. The number of ether oxygens (including phenoxy) is 1. The molecule has 162 valence electrons. The van der Waals surface area contributed by atoms with Crippen molar-refractivity contribution in [2.24, 2.45) is 5.10 Å². The molecule has 0 fully saturated rings. The van der Waals surface area contributed by atoms with Crippen molar-refractivity contribution in [3.05, 3.63) is 94.0 Å². The fourth-order valence-corrected chi connectivity index (χ4v) is 4.72. The fraction of sp³-hybridized carbons (Fsp3) is 0.167. The number of amides is 1. The van der Waals surface area contributed by atoms with Gasteiger partial charge in [0.15, 0.2) is 11.2 Å². The first-order chi connectivity index (χ1) is 15.6. The molecule has 0 aliphatic carbocycles. The van der Waals surface area contributed by atoms with Gasteiger partial charge in [0.2, 0.25) is 0 Å². The van der Waals surface area contributed by atoms with Crippen molar-refractivity contribution in [1.29, 1.82) is 0 Å². The van der Waals surface area contributed by atoms with E-state index in [1.165, 1.54) is 11.8 Å². The Hall–Kier alpha value is -2.97. The first kappa shape index (κ1) is 20.9. The van der Waals surface area contributed by atoms with Gasteiger partial charge in [-0.25, -0.2) is 0 Å². The number of fused-ring (bicyclic) bond motifs is 3. The second-order valence-electron chi connectivity index (χ2n) is 7.47. The van der Waals surface area contributed by atoms with Crippen LogP contribution >= 0.6 is 27.7 Å². The van der Waals surface area contributed by atoms with Crippen LogP contribution in [0.2, 0.25) is 0 Å². The molecular weight excluding hydrogens is 488 g/mol. The van der Waals surface area contributed by atoms with Gasteiger partial charge in [0.1, 0.15) is 18.5 Å². The van der Waals surface area contributed by atoms with Crippen LogP contribution in [-0.4, -0.2) is 22.3 Å². The molecule has 0 unspecified atom stereocenters. The van der Waals surface area contributed by atoms with Gasteiger partial charge in [-0.2, -0.15) is 0 Å². The normalized spacial score (nSPS) is 19.2. The lowest BCUT2D eigenvalue weighted by atomic mass is 9.97. The Labute approximate surface area is 199 Å². The number of amidine groups is 1. The molecule has 0 saturated carbocycles. The van der Waals surface area contributed by atoms with Crippen LogP contribution in [0.15, 0.2) is 82.4 Å². The maximum atomic E-state index is 13.1. The smallest absolute Gasteiger partial charge is 0.255 e. The number of rotatable bonds is 4. The number of benzene rings is 3. The molecule has 1 amide bonds. The average molecular weight is 509 g/mol. The topological polar surface area (TPSA) is 66.0 Å². The summed E-state index contributed by atoms with van der Waals surface area (Å²) in [4.78, 5) is 13.1. The number of nitrogens with one attached hydrogen (secondary N) is 2. The number of hydrogen-bond acceptors (Lipinski definition) is 6. The van der Waals surface area contributed by atoms with Crippen molar-refractivity contribution < 1.29 is 9.53 Å². The van der Waals surface area contributed by atoms with Gasteiger partial charge < -0.3 is 15.4 Å². The largest absolute Gasteiger partial charge is 0.488 e. The van der Waals surface area contributed by atoms with Crippen molar-refractivity contribution in [2.75, 3.05) is 11.6 Å². The molecule has 2 N–H and O–H groups in total. The average Bonchev–Trinajstić information content (AvgIpc) is 2.83. The number of thioether (sulfide) groups is 1. The molecule has 8 heteroatoms. The minimum absolute atomic E-state index is 0.0925. The summed E-state index contributed by atoms with van der Waals surface area (Å²) < 4.78 is 7.16. The van der Waals surface area contributed by atoms with Gasteiger partial charge in [0.05, 0.1) is 0 Å². The predicted molar refractivity (Wildman–Crippen MR) is 131 cm³/mol. The molecule has 2 heterocycles. The Morgan fingerprint density at radius 3 is 2.66 bits per heavy atom. The zero-order chi connectivity index (χ0) is 22.1. The van der Waals surface area contributed by atoms with Gasteiger partial charge in [0.25, 0.3) is 5.91 Å². The number of carbonyl (C=O) groups is 1. The monoisotopic (exact) mass is 508 g/mol. The van der Waals surface area contributed by atoms with Crippen LogP contribution in [0, 0.1) is 0 Å². The van der Waals surface area contributed by atoms with Crippen molar-refractivity contribution >= 4 is 44.5 Å². The Kier molecular flexibility index (Phi) is 5.80. The minimum atomic E-state index is -0.533. The third kappa shape index (κ3) is 3.96. The number of nitrogens with zero attached hydrogens (tertiary/aromatic N) is 2. The van der Waals surface area contributed by atoms with Crippen LogP contribution in [-0.2, 0) is 11.4 Å². The minimum Gasteiger partial charge on any atom is -0.488 e. The van der Waals surface area contributed by atoms with Crippen molar-refractivity contribution in [2.45, 2.75) is 18.8 Å². The van der Waals surface area contributed by atoms with Gasteiger partial charge in [-0.1, -0.05) is 76.2 Å². The lowest BCUT2D eigenvalue weighted by molar-refractivity contribution is -0.127. The maximum absolute atomic E-state index is 13.1. The maximum Gasteiger partial charge on any atom is 0.255 e. The molecule has 0 radical (unpaired) electrons. The van der Waals surface area contributed by atoms with E-state index in [1.807, 2.05) is 84.1 Å². The lowest BCUT2D eigenvalue weighted by Crippen LogP contribution is -2.50. The van der Waals surface area contributed by atoms with Crippen LogP contribution in [0.3, 0.4) is 0 Å². The first-order valence-electron chi connectivity index (χ1n) is 10.2. The van der Waals surface area contributed by atoms with E-state index in [4.69, 9.17) is 9.84 Å². The molecule has 2 aliphatic rings. The molecule has 0 saturated heterocycles. The summed E-state index contributed by atoms with van der Waals surface area (Å²) in [5.41, 5.74) is 3.78. The van der Waals surface area contributed by atoms with E-state index in [1.54, 1.807) is 0 Å². The molecule has 0 bridgehead atoms.